The largest absolute Gasteiger partial charge is 0.389 e. The molecule has 0 aliphatic heterocycles. The van der Waals surface area contributed by atoms with Gasteiger partial charge in [-0.25, -0.2) is 0 Å². The Morgan fingerprint density at radius 3 is 2.47 bits per heavy atom. The summed E-state index contributed by atoms with van der Waals surface area (Å²) in [5.41, 5.74) is 6.98. The van der Waals surface area contributed by atoms with E-state index < -0.39 is 6.10 Å². The second kappa shape index (κ2) is 7.43. The van der Waals surface area contributed by atoms with Crippen molar-refractivity contribution in [3.05, 3.63) is 35.9 Å². The third-order valence-electron chi connectivity index (χ3n) is 2.64. The second-order valence-corrected chi connectivity index (χ2v) is 4.86. The highest BCUT2D eigenvalue weighted by Crippen LogP contribution is 2.07. The molecule has 0 spiro atoms. The molecule has 3 N–H and O–H groups in total. The van der Waals surface area contributed by atoms with Crippen molar-refractivity contribution in [2.24, 2.45) is 11.7 Å². The fourth-order valence-electron chi connectivity index (χ4n) is 1.70. The van der Waals surface area contributed by atoms with Gasteiger partial charge in [-0.15, -0.1) is 0 Å². The number of aliphatic hydroxyl groups excluding tert-OH is 1. The van der Waals surface area contributed by atoms with E-state index in [1.165, 1.54) is 0 Å². The summed E-state index contributed by atoms with van der Waals surface area (Å²) >= 11 is 0. The lowest BCUT2D eigenvalue weighted by molar-refractivity contribution is 0.0128. The quantitative estimate of drug-likeness (QED) is 0.762. The molecule has 0 heterocycles. The lowest BCUT2D eigenvalue weighted by Crippen LogP contribution is -2.38. The van der Waals surface area contributed by atoms with Gasteiger partial charge < -0.3 is 15.6 Å². The fraction of sp³-hybridized carbons (Fsp3) is 0.571. The van der Waals surface area contributed by atoms with E-state index in [2.05, 4.69) is 13.8 Å². The van der Waals surface area contributed by atoms with Crippen molar-refractivity contribution in [1.82, 2.24) is 0 Å². The van der Waals surface area contributed by atoms with Gasteiger partial charge in [-0.05, 0) is 17.9 Å². The van der Waals surface area contributed by atoms with E-state index in [0.717, 1.165) is 12.0 Å². The molecule has 0 saturated carbocycles. The molecule has 0 aromatic heterocycles. The fourth-order valence-corrected chi connectivity index (χ4v) is 1.70. The van der Waals surface area contributed by atoms with Crippen LogP contribution < -0.4 is 5.73 Å². The molecule has 3 nitrogen and oxygen atoms in total. The highest BCUT2D eigenvalue weighted by molar-refractivity contribution is 5.13. The number of hydrogen-bond acceptors (Lipinski definition) is 3. The Labute approximate surface area is 104 Å². The highest BCUT2D eigenvalue weighted by Gasteiger charge is 2.15. The maximum absolute atomic E-state index is 9.79. The summed E-state index contributed by atoms with van der Waals surface area (Å²) in [6.45, 7) is 5.00. The van der Waals surface area contributed by atoms with Crippen LogP contribution in [0.15, 0.2) is 30.3 Å². The summed E-state index contributed by atoms with van der Waals surface area (Å²) in [7, 11) is 0. The van der Waals surface area contributed by atoms with Crippen molar-refractivity contribution < 1.29 is 9.84 Å². The van der Waals surface area contributed by atoms with Gasteiger partial charge in [0.2, 0.25) is 0 Å². The number of ether oxygens (including phenoxy) is 1. The number of hydrogen-bond donors (Lipinski definition) is 2. The summed E-state index contributed by atoms with van der Waals surface area (Å²) in [5, 5.41) is 9.79. The van der Waals surface area contributed by atoms with Gasteiger partial charge in [-0.1, -0.05) is 44.2 Å². The molecule has 0 aliphatic rings. The molecule has 1 aromatic carbocycles. The van der Waals surface area contributed by atoms with E-state index >= 15 is 0 Å². The summed E-state index contributed by atoms with van der Waals surface area (Å²) in [6.07, 6.45) is 0.233. The maximum Gasteiger partial charge on any atom is 0.0924 e. The van der Waals surface area contributed by atoms with Gasteiger partial charge in [-0.3, -0.25) is 0 Å². The third-order valence-corrected chi connectivity index (χ3v) is 2.64. The average molecular weight is 237 g/mol. The summed E-state index contributed by atoms with van der Waals surface area (Å²) in [4.78, 5) is 0. The van der Waals surface area contributed by atoms with Crippen LogP contribution in [0.5, 0.6) is 0 Å². The Morgan fingerprint density at radius 1 is 1.24 bits per heavy atom. The Hall–Kier alpha value is -0.900. The molecule has 0 unspecified atom stereocenters. The zero-order chi connectivity index (χ0) is 12.7. The first kappa shape index (κ1) is 14.2. The molecule has 17 heavy (non-hydrogen) atoms. The van der Waals surface area contributed by atoms with Crippen molar-refractivity contribution in [3.63, 3.8) is 0 Å². The standard InChI is InChI=1S/C14H23NO2/c1-11(2)8-13(15)14(16)10-17-9-12-6-4-3-5-7-12/h3-7,11,13-14,16H,8-10,15H2,1-2H3/t13-,14-/m0/s1. The van der Waals surface area contributed by atoms with Gasteiger partial charge in [0.1, 0.15) is 0 Å². The van der Waals surface area contributed by atoms with E-state index in [0.29, 0.717) is 19.1 Å². The molecule has 1 aromatic rings. The molecule has 0 bridgehead atoms. The minimum Gasteiger partial charge on any atom is -0.389 e. The predicted octanol–water partition coefficient (Wildman–Crippen LogP) is 1.94. The van der Waals surface area contributed by atoms with Crippen LogP contribution >= 0.6 is 0 Å². The second-order valence-electron chi connectivity index (χ2n) is 4.86. The minimum absolute atomic E-state index is 0.203. The van der Waals surface area contributed by atoms with Crippen molar-refractivity contribution in [2.75, 3.05) is 6.61 Å². The monoisotopic (exact) mass is 237 g/mol. The van der Waals surface area contributed by atoms with Gasteiger partial charge in [0, 0.05) is 6.04 Å². The van der Waals surface area contributed by atoms with Gasteiger partial charge in [0.25, 0.3) is 0 Å². The highest BCUT2D eigenvalue weighted by atomic mass is 16.5. The van der Waals surface area contributed by atoms with Gasteiger partial charge >= 0.3 is 0 Å². The molecular weight excluding hydrogens is 214 g/mol. The van der Waals surface area contributed by atoms with E-state index in [9.17, 15) is 5.11 Å². The number of benzene rings is 1. The number of rotatable bonds is 7. The predicted molar refractivity (Wildman–Crippen MR) is 69.5 cm³/mol. The van der Waals surface area contributed by atoms with E-state index in [-0.39, 0.29) is 6.04 Å². The first-order chi connectivity index (χ1) is 8.09. The van der Waals surface area contributed by atoms with Crippen LogP contribution in [0.3, 0.4) is 0 Å². The molecule has 96 valence electrons. The van der Waals surface area contributed by atoms with Crippen molar-refractivity contribution in [2.45, 2.75) is 39.0 Å². The van der Waals surface area contributed by atoms with Crippen LogP contribution in [0.2, 0.25) is 0 Å². The average Bonchev–Trinajstić information content (AvgIpc) is 2.29. The van der Waals surface area contributed by atoms with Crippen molar-refractivity contribution >= 4 is 0 Å². The van der Waals surface area contributed by atoms with Crippen LogP contribution in [-0.2, 0) is 11.3 Å². The molecule has 0 radical (unpaired) electrons. The van der Waals surface area contributed by atoms with Gasteiger partial charge in [-0.2, -0.15) is 0 Å². The van der Waals surface area contributed by atoms with Crippen LogP contribution in [0, 0.1) is 5.92 Å². The molecule has 1 rings (SSSR count). The number of aliphatic hydroxyl groups is 1. The first-order valence-electron chi connectivity index (χ1n) is 6.15. The molecule has 0 amide bonds. The van der Waals surface area contributed by atoms with E-state index in [4.69, 9.17) is 10.5 Å². The lowest BCUT2D eigenvalue weighted by atomic mass is 10.0. The molecule has 0 fully saturated rings. The van der Waals surface area contributed by atoms with Crippen LogP contribution in [0.1, 0.15) is 25.8 Å². The van der Waals surface area contributed by atoms with E-state index in [1.54, 1.807) is 0 Å². The van der Waals surface area contributed by atoms with Crippen LogP contribution in [-0.4, -0.2) is 23.9 Å². The Morgan fingerprint density at radius 2 is 1.88 bits per heavy atom. The normalized spacial score (nSPS) is 14.9. The Balaban J connectivity index is 2.22. The number of nitrogens with two attached hydrogens (primary N) is 1. The summed E-state index contributed by atoms with van der Waals surface area (Å²) in [6, 6.07) is 9.71. The molecular formula is C14H23NO2. The Bertz CT molecular complexity index is 300. The van der Waals surface area contributed by atoms with Crippen LogP contribution in [0.25, 0.3) is 0 Å². The maximum atomic E-state index is 9.79. The van der Waals surface area contributed by atoms with Gasteiger partial charge in [0.15, 0.2) is 0 Å². The Kier molecular flexibility index (Phi) is 6.19. The smallest absolute Gasteiger partial charge is 0.0924 e. The van der Waals surface area contributed by atoms with Crippen molar-refractivity contribution in [1.29, 1.82) is 0 Å². The van der Waals surface area contributed by atoms with Gasteiger partial charge in [0.05, 0.1) is 19.3 Å². The zero-order valence-electron chi connectivity index (χ0n) is 10.7. The molecule has 0 saturated heterocycles. The first-order valence-corrected chi connectivity index (χ1v) is 6.15. The van der Waals surface area contributed by atoms with Crippen LogP contribution in [0.4, 0.5) is 0 Å². The molecule has 2 atom stereocenters. The zero-order valence-corrected chi connectivity index (χ0v) is 10.7. The summed E-state index contributed by atoms with van der Waals surface area (Å²) < 4.78 is 5.45. The van der Waals surface area contributed by atoms with E-state index in [1.807, 2.05) is 30.3 Å². The molecule has 0 aliphatic carbocycles. The minimum atomic E-state index is -0.582. The lowest BCUT2D eigenvalue weighted by Gasteiger charge is -2.20. The SMILES string of the molecule is CC(C)C[C@H](N)[C@@H](O)COCc1ccccc1. The summed E-state index contributed by atoms with van der Waals surface area (Å²) in [5.74, 6) is 0.494. The third kappa shape index (κ3) is 5.82. The molecule has 3 heteroatoms. The van der Waals surface area contributed by atoms with Crippen molar-refractivity contribution in [3.8, 4) is 0 Å². The topological polar surface area (TPSA) is 55.5 Å².